The van der Waals surface area contributed by atoms with Crippen molar-refractivity contribution in [1.29, 1.82) is 0 Å². The number of fused-ring (bicyclic) bond motifs is 1. The predicted octanol–water partition coefficient (Wildman–Crippen LogP) is 2.86. The second kappa shape index (κ2) is 9.29. The van der Waals surface area contributed by atoms with E-state index in [9.17, 15) is 4.79 Å². The van der Waals surface area contributed by atoms with Crippen LogP contribution in [0.2, 0.25) is 0 Å². The highest BCUT2D eigenvalue weighted by atomic mass is 16.5. The highest BCUT2D eigenvalue weighted by Gasteiger charge is 2.31. The Morgan fingerprint density at radius 1 is 1.08 bits per heavy atom. The first kappa shape index (κ1) is 23.0. The number of pyridine rings is 1. The largest absolute Gasteiger partial charge is 0.488 e. The summed E-state index contributed by atoms with van der Waals surface area (Å²) in [7, 11) is 0. The van der Waals surface area contributed by atoms with Crippen LogP contribution in [0.1, 0.15) is 32.2 Å². The average Bonchev–Trinajstić information content (AvgIpc) is 3.48. The first-order valence-corrected chi connectivity index (χ1v) is 13.6. The van der Waals surface area contributed by atoms with Crippen LogP contribution in [0, 0.1) is 5.92 Å². The summed E-state index contributed by atoms with van der Waals surface area (Å²) in [6, 6.07) is 9.60. The molecule has 1 aliphatic carbocycles. The molecule has 3 aliphatic heterocycles. The van der Waals surface area contributed by atoms with Gasteiger partial charge in [-0.15, -0.1) is 0 Å². The smallest absolute Gasteiger partial charge is 0.220 e. The number of piperazine rings is 1. The first-order valence-electron chi connectivity index (χ1n) is 13.6. The third-order valence-electron chi connectivity index (χ3n) is 8.42. The van der Waals surface area contributed by atoms with Gasteiger partial charge in [-0.25, -0.2) is 4.98 Å². The lowest BCUT2D eigenvalue weighted by molar-refractivity contribution is -0.119. The summed E-state index contributed by atoms with van der Waals surface area (Å²) in [5, 5.41) is 2.93. The molecule has 0 spiro atoms. The Morgan fingerprint density at radius 2 is 1.92 bits per heavy atom. The molecule has 4 fully saturated rings. The van der Waals surface area contributed by atoms with Crippen LogP contribution in [0.25, 0.3) is 22.3 Å². The number of nitrogens with zero attached hydrogens (tertiary/aromatic N) is 5. The molecule has 2 aromatic heterocycles. The van der Waals surface area contributed by atoms with E-state index in [2.05, 4.69) is 50.9 Å². The van der Waals surface area contributed by atoms with Crippen molar-refractivity contribution < 1.29 is 14.3 Å². The van der Waals surface area contributed by atoms with E-state index in [1.807, 2.05) is 12.5 Å². The molecule has 0 bridgehead atoms. The van der Waals surface area contributed by atoms with Crippen LogP contribution in [0.15, 0.2) is 36.8 Å². The Kier molecular flexibility index (Phi) is 5.77. The van der Waals surface area contributed by atoms with E-state index in [1.165, 1.54) is 12.8 Å². The monoisotopic (exact) mass is 502 g/mol. The summed E-state index contributed by atoms with van der Waals surface area (Å²) >= 11 is 0. The van der Waals surface area contributed by atoms with Gasteiger partial charge in [0.1, 0.15) is 17.4 Å². The number of hydrogen-bond acceptors (Lipinski definition) is 7. The van der Waals surface area contributed by atoms with Gasteiger partial charge in [-0.3, -0.25) is 14.7 Å². The Balaban J connectivity index is 1.13. The number of anilines is 1. The number of benzene rings is 1. The maximum atomic E-state index is 11.8. The molecule has 7 rings (SSSR count). The first-order chi connectivity index (χ1) is 18.1. The summed E-state index contributed by atoms with van der Waals surface area (Å²) in [5.41, 5.74) is 5.04. The number of hydrogen-bond donors (Lipinski definition) is 1. The van der Waals surface area contributed by atoms with Gasteiger partial charge in [-0.1, -0.05) is 0 Å². The zero-order chi connectivity index (χ0) is 24.9. The fourth-order valence-electron chi connectivity index (χ4n) is 5.78. The van der Waals surface area contributed by atoms with Crippen molar-refractivity contribution in [2.75, 3.05) is 50.8 Å². The van der Waals surface area contributed by atoms with Crippen LogP contribution in [0.3, 0.4) is 0 Å². The molecule has 2 atom stereocenters. The Morgan fingerprint density at radius 3 is 2.57 bits per heavy atom. The normalized spacial score (nSPS) is 23.8. The van der Waals surface area contributed by atoms with Crippen LogP contribution < -0.4 is 15.0 Å². The van der Waals surface area contributed by atoms with E-state index in [0.717, 1.165) is 73.1 Å². The topological polar surface area (TPSA) is 84.8 Å². The molecule has 1 N–H and O–H groups in total. The fraction of sp³-hybridized carbons (Fsp3) is 0.536. The molecule has 5 heterocycles. The molecule has 194 valence electrons. The molecule has 9 heteroatoms. The standard InChI is InChI=1S/C28H34N6O3/c1-18(20-12-27(35)30-13-20)37-26-11-19(10-25-28(26)34(17-31-25)21-2-3-21)24-5-4-22(14-29-24)32-6-8-33(9-7-32)23-15-36-16-23/h4-5,10-11,14,17-18,20-21,23H,2-3,6-9,12-13,15-16H2,1H3,(H,30,35)/t18-,20-/m1/s1. The highest BCUT2D eigenvalue weighted by Crippen LogP contribution is 2.41. The molecule has 37 heavy (non-hydrogen) atoms. The highest BCUT2D eigenvalue weighted by molar-refractivity contribution is 5.88. The average molecular weight is 503 g/mol. The number of rotatable bonds is 7. The van der Waals surface area contributed by atoms with Crippen molar-refractivity contribution in [2.45, 2.75) is 44.4 Å². The molecular formula is C28H34N6O3. The van der Waals surface area contributed by atoms with Crippen molar-refractivity contribution in [2.24, 2.45) is 5.92 Å². The van der Waals surface area contributed by atoms with Gasteiger partial charge < -0.3 is 24.3 Å². The van der Waals surface area contributed by atoms with Crippen LogP contribution in [-0.2, 0) is 9.53 Å². The third-order valence-corrected chi connectivity index (χ3v) is 8.42. The van der Waals surface area contributed by atoms with Crippen molar-refractivity contribution >= 4 is 22.6 Å². The second-order valence-corrected chi connectivity index (χ2v) is 10.9. The minimum atomic E-state index is -0.0829. The number of ether oxygens (including phenoxy) is 2. The Labute approximate surface area is 216 Å². The number of amides is 1. The zero-order valence-corrected chi connectivity index (χ0v) is 21.3. The van der Waals surface area contributed by atoms with E-state index in [4.69, 9.17) is 19.4 Å². The quantitative estimate of drug-likeness (QED) is 0.532. The maximum Gasteiger partial charge on any atom is 0.220 e. The van der Waals surface area contributed by atoms with Crippen molar-refractivity contribution in [1.82, 2.24) is 24.8 Å². The van der Waals surface area contributed by atoms with Crippen LogP contribution >= 0.6 is 0 Å². The Hall–Kier alpha value is -3.17. The van der Waals surface area contributed by atoms with Gasteiger partial charge in [0, 0.05) is 56.7 Å². The lowest BCUT2D eigenvalue weighted by atomic mass is 10.0. The predicted molar refractivity (Wildman–Crippen MR) is 141 cm³/mol. The van der Waals surface area contributed by atoms with Gasteiger partial charge in [-0.2, -0.15) is 0 Å². The second-order valence-electron chi connectivity index (χ2n) is 10.9. The van der Waals surface area contributed by atoms with Crippen molar-refractivity contribution in [3.8, 4) is 17.0 Å². The molecule has 1 saturated carbocycles. The molecule has 1 amide bonds. The molecule has 0 unspecified atom stereocenters. The summed E-state index contributed by atoms with van der Waals surface area (Å²) in [5.74, 6) is 1.09. The number of carbonyl (C=O) groups excluding carboxylic acids is 1. The molecule has 3 saturated heterocycles. The summed E-state index contributed by atoms with van der Waals surface area (Å²) in [4.78, 5) is 26.3. The fourth-order valence-corrected chi connectivity index (χ4v) is 5.78. The minimum absolute atomic E-state index is 0.0829. The van der Waals surface area contributed by atoms with Crippen LogP contribution in [-0.4, -0.2) is 83.4 Å². The number of nitrogens with one attached hydrogen (secondary N) is 1. The van der Waals surface area contributed by atoms with Crippen LogP contribution in [0.5, 0.6) is 5.75 Å². The van der Waals surface area contributed by atoms with E-state index in [1.54, 1.807) is 0 Å². The van der Waals surface area contributed by atoms with Crippen LogP contribution in [0.4, 0.5) is 5.69 Å². The van der Waals surface area contributed by atoms with E-state index in [-0.39, 0.29) is 17.9 Å². The van der Waals surface area contributed by atoms with Crippen molar-refractivity contribution in [3.63, 3.8) is 0 Å². The van der Waals surface area contributed by atoms with Gasteiger partial charge in [0.05, 0.1) is 48.7 Å². The minimum Gasteiger partial charge on any atom is -0.488 e. The summed E-state index contributed by atoms with van der Waals surface area (Å²) < 4.78 is 14.2. The van der Waals surface area contributed by atoms with E-state index < -0.39 is 0 Å². The van der Waals surface area contributed by atoms with Crippen molar-refractivity contribution in [3.05, 3.63) is 36.8 Å². The zero-order valence-electron chi connectivity index (χ0n) is 21.3. The molecule has 4 aliphatic rings. The molecule has 9 nitrogen and oxygen atoms in total. The maximum absolute atomic E-state index is 11.8. The molecule has 0 radical (unpaired) electrons. The van der Waals surface area contributed by atoms with Gasteiger partial charge in [0.2, 0.25) is 5.91 Å². The Bertz CT molecular complexity index is 1290. The number of carbonyl (C=O) groups is 1. The van der Waals surface area contributed by atoms with E-state index in [0.29, 0.717) is 25.0 Å². The third kappa shape index (κ3) is 4.44. The van der Waals surface area contributed by atoms with Gasteiger partial charge in [0.25, 0.3) is 0 Å². The van der Waals surface area contributed by atoms with Gasteiger partial charge in [0.15, 0.2) is 0 Å². The van der Waals surface area contributed by atoms with E-state index >= 15 is 0 Å². The number of aromatic nitrogens is 3. The molecule has 1 aromatic carbocycles. The molecular weight excluding hydrogens is 468 g/mol. The molecule has 3 aromatic rings. The number of imidazole rings is 1. The van der Waals surface area contributed by atoms with Gasteiger partial charge >= 0.3 is 0 Å². The summed E-state index contributed by atoms with van der Waals surface area (Å²) in [6.07, 6.45) is 6.71. The van der Waals surface area contributed by atoms with Gasteiger partial charge in [-0.05, 0) is 44.0 Å². The lowest BCUT2D eigenvalue weighted by Gasteiger charge is -2.43. The lowest BCUT2D eigenvalue weighted by Crippen LogP contribution is -2.56. The SMILES string of the molecule is C[C@@H](Oc1cc(-c2ccc(N3CCN(C4COC4)CC3)cn2)cc2ncn(C3CC3)c12)[C@H]1CNC(=O)C1. The summed E-state index contributed by atoms with van der Waals surface area (Å²) in [6.45, 7) is 8.63.